The first-order chi connectivity index (χ1) is 9.51. The molecule has 110 valence electrons. The Kier molecular flexibility index (Phi) is 4.77. The van der Waals surface area contributed by atoms with Gasteiger partial charge in [-0.15, -0.1) is 11.3 Å². The van der Waals surface area contributed by atoms with Gasteiger partial charge in [-0.3, -0.25) is 0 Å². The van der Waals surface area contributed by atoms with Crippen LogP contribution in [0.25, 0.3) is 10.2 Å². The molecule has 0 amide bonds. The number of fused-ring (bicyclic) bond motifs is 1. The van der Waals surface area contributed by atoms with Gasteiger partial charge in [0.15, 0.2) is 0 Å². The van der Waals surface area contributed by atoms with Gasteiger partial charge in [-0.05, 0) is 33.9 Å². The van der Waals surface area contributed by atoms with Crippen molar-refractivity contribution in [2.24, 2.45) is 0 Å². The number of thiophene rings is 1. The largest absolute Gasteiger partial charge is 0.368 e. The number of nitrogens with zero attached hydrogens (tertiary/aromatic N) is 3. The number of anilines is 2. The highest BCUT2D eigenvalue weighted by Gasteiger charge is 2.10. The maximum absolute atomic E-state index is 4.53. The number of nitrogens with one attached hydrogen (secondary N) is 2. The topological polar surface area (TPSA) is 53.1 Å². The van der Waals surface area contributed by atoms with Crippen molar-refractivity contribution in [1.29, 1.82) is 0 Å². The lowest BCUT2D eigenvalue weighted by Crippen LogP contribution is -2.31. The Hall–Kier alpha value is -1.40. The average molecular weight is 293 g/mol. The summed E-state index contributed by atoms with van der Waals surface area (Å²) in [5, 5.41) is 7.57. The van der Waals surface area contributed by atoms with E-state index >= 15 is 0 Å². The molecule has 0 atom stereocenters. The van der Waals surface area contributed by atoms with Crippen LogP contribution in [-0.2, 0) is 0 Å². The fraction of sp³-hybridized carbons (Fsp3) is 0.571. The minimum absolute atomic E-state index is 0.554. The number of aromatic nitrogens is 2. The molecule has 0 aromatic carbocycles. The van der Waals surface area contributed by atoms with Gasteiger partial charge in [0.2, 0.25) is 5.95 Å². The van der Waals surface area contributed by atoms with E-state index in [4.69, 9.17) is 0 Å². The predicted molar refractivity (Wildman–Crippen MR) is 88.0 cm³/mol. The third kappa shape index (κ3) is 3.37. The molecule has 0 aliphatic rings. The number of rotatable bonds is 6. The third-order valence-electron chi connectivity index (χ3n) is 3.38. The fourth-order valence-corrected chi connectivity index (χ4v) is 2.78. The first-order valence-electron chi connectivity index (χ1n) is 6.91. The van der Waals surface area contributed by atoms with Crippen LogP contribution >= 0.6 is 11.3 Å². The Balaban J connectivity index is 2.15. The number of aryl methyl sites for hydroxylation is 1. The van der Waals surface area contributed by atoms with Crippen molar-refractivity contribution in [2.45, 2.75) is 26.8 Å². The SMILES string of the molecule is CNc1nc(NCCN(C)C(C)C)c2cc(C)sc2n1. The van der Waals surface area contributed by atoms with Gasteiger partial charge in [-0.25, -0.2) is 4.98 Å². The van der Waals surface area contributed by atoms with Crippen LogP contribution < -0.4 is 10.6 Å². The first kappa shape index (κ1) is 15.0. The van der Waals surface area contributed by atoms with Crippen molar-refractivity contribution in [3.05, 3.63) is 10.9 Å². The van der Waals surface area contributed by atoms with Crippen molar-refractivity contribution in [2.75, 3.05) is 37.8 Å². The molecule has 2 aromatic rings. The lowest BCUT2D eigenvalue weighted by molar-refractivity contribution is 0.284. The Morgan fingerprint density at radius 2 is 2.10 bits per heavy atom. The van der Waals surface area contributed by atoms with E-state index in [9.17, 15) is 0 Å². The van der Waals surface area contributed by atoms with Gasteiger partial charge < -0.3 is 15.5 Å². The van der Waals surface area contributed by atoms with Gasteiger partial charge in [0, 0.05) is 31.1 Å². The Morgan fingerprint density at radius 1 is 1.35 bits per heavy atom. The molecule has 0 aliphatic heterocycles. The molecule has 0 bridgehead atoms. The summed E-state index contributed by atoms with van der Waals surface area (Å²) >= 11 is 1.70. The number of hydrogen-bond donors (Lipinski definition) is 2. The van der Waals surface area contributed by atoms with Gasteiger partial charge in [0.05, 0.1) is 5.39 Å². The highest BCUT2D eigenvalue weighted by Crippen LogP contribution is 2.29. The molecule has 2 N–H and O–H groups in total. The Bertz CT molecular complexity index is 578. The molecule has 0 radical (unpaired) electrons. The fourth-order valence-electron chi connectivity index (χ4n) is 1.90. The molecule has 0 fully saturated rings. The first-order valence-corrected chi connectivity index (χ1v) is 7.73. The summed E-state index contributed by atoms with van der Waals surface area (Å²) in [6.07, 6.45) is 0. The summed E-state index contributed by atoms with van der Waals surface area (Å²) in [6.45, 7) is 8.36. The monoisotopic (exact) mass is 293 g/mol. The molecule has 0 aliphatic carbocycles. The van der Waals surface area contributed by atoms with Crippen molar-refractivity contribution in [3.63, 3.8) is 0 Å². The molecule has 0 saturated heterocycles. The standard InChI is InChI=1S/C14H23N5S/c1-9(2)19(5)7-6-16-12-11-8-10(3)20-13(11)18-14(15-4)17-12/h8-9H,6-7H2,1-5H3,(H2,15,16,17,18). The van der Waals surface area contributed by atoms with Crippen LogP contribution in [0.3, 0.4) is 0 Å². The summed E-state index contributed by atoms with van der Waals surface area (Å²) in [5.74, 6) is 1.58. The van der Waals surface area contributed by atoms with E-state index in [2.05, 4.69) is 59.4 Å². The second kappa shape index (κ2) is 6.37. The van der Waals surface area contributed by atoms with E-state index in [0.29, 0.717) is 12.0 Å². The molecule has 0 spiro atoms. The van der Waals surface area contributed by atoms with Gasteiger partial charge in [0.1, 0.15) is 10.6 Å². The quantitative estimate of drug-likeness (QED) is 0.858. The Morgan fingerprint density at radius 3 is 2.75 bits per heavy atom. The second-order valence-corrected chi connectivity index (χ2v) is 6.46. The minimum atomic E-state index is 0.554. The predicted octanol–water partition coefficient (Wildman–Crippen LogP) is 2.79. The van der Waals surface area contributed by atoms with Gasteiger partial charge >= 0.3 is 0 Å². The molecule has 5 nitrogen and oxygen atoms in total. The van der Waals surface area contributed by atoms with Crippen LogP contribution in [0, 0.1) is 6.92 Å². The Labute approximate surface area is 124 Å². The zero-order valence-corrected chi connectivity index (χ0v) is 13.6. The van der Waals surface area contributed by atoms with Gasteiger partial charge in [-0.2, -0.15) is 4.98 Å². The highest BCUT2D eigenvalue weighted by molar-refractivity contribution is 7.18. The normalized spacial score (nSPS) is 11.6. The van der Waals surface area contributed by atoms with Crippen LogP contribution in [-0.4, -0.2) is 48.1 Å². The molecule has 20 heavy (non-hydrogen) atoms. The van der Waals surface area contributed by atoms with Crippen molar-refractivity contribution < 1.29 is 0 Å². The zero-order valence-electron chi connectivity index (χ0n) is 12.8. The molecule has 2 heterocycles. The van der Waals surface area contributed by atoms with Gasteiger partial charge in [-0.1, -0.05) is 0 Å². The molecule has 0 unspecified atom stereocenters. The van der Waals surface area contributed by atoms with E-state index in [1.54, 1.807) is 11.3 Å². The van der Waals surface area contributed by atoms with Gasteiger partial charge in [0.25, 0.3) is 0 Å². The maximum Gasteiger partial charge on any atom is 0.225 e. The van der Waals surface area contributed by atoms with Crippen LogP contribution in [0.5, 0.6) is 0 Å². The summed E-state index contributed by atoms with van der Waals surface area (Å²) in [7, 11) is 3.98. The van der Waals surface area contributed by atoms with Crippen LogP contribution in [0.2, 0.25) is 0 Å². The van der Waals surface area contributed by atoms with E-state index in [1.165, 1.54) is 4.88 Å². The van der Waals surface area contributed by atoms with Crippen molar-refractivity contribution >= 4 is 33.3 Å². The molecule has 6 heteroatoms. The molecule has 2 aromatic heterocycles. The van der Waals surface area contributed by atoms with Crippen molar-refractivity contribution in [1.82, 2.24) is 14.9 Å². The molecular weight excluding hydrogens is 270 g/mol. The van der Waals surface area contributed by atoms with E-state index in [1.807, 2.05) is 7.05 Å². The van der Waals surface area contributed by atoms with E-state index < -0.39 is 0 Å². The van der Waals surface area contributed by atoms with Crippen LogP contribution in [0.4, 0.5) is 11.8 Å². The minimum Gasteiger partial charge on any atom is -0.368 e. The number of hydrogen-bond acceptors (Lipinski definition) is 6. The van der Waals surface area contributed by atoms with Crippen LogP contribution in [0.15, 0.2) is 6.07 Å². The summed E-state index contributed by atoms with van der Waals surface area (Å²) in [6, 6.07) is 2.70. The number of likely N-dealkylation sites (N-methyl/N-ethyl adjacent to an activating group) is 1. The summed E-state index contributed by atoms with van der Waals surface area (Å²) in [4.78, 5) is 13.6. The highest BCUT2D eigenvalue weighted by atomic mass is 32.1. The molecule has 0 saturated carbocycles. The maximum atomic E-state index is 4.53. The average Bonchev–Trinajstić information content (AvgIpc) is 2.78. The van der Waals surface area contributed by atoms with E-state index in [-0.39, 0.29) is 0 Å². The van der Waals surface area contributed by atoms with Crippen LogP contribution in [0.1, 0.15) is 18.7 Å². The lowest BCUT2D eigenvalue weighted by Gasteiger charge is -2.21. The smallest absolute Gasteiger partial charge is 0.225 e. The molecular formula is C14H23N5S. The molecule has 2 rings (SSSR count). The van der Waals surface area contributed by atoms with Crippen molar-refractivity contribution in [3.8, 4) is 0 Å². The summed E-state index contributed by atoms with van der Waals surface area (Å²) < 4.78 is 0. The third-order valence-corrected chi connectivity index (χ3v) is 4.32. The lowest BCUT2D eigenvalue weighted by atomic mass is 10.3. The second-order valence-electron chi connectivity index (χ2n) is 5.22. The zero-order chi connectivity index (χ0) is 14.7. The summed E-state index contributed by atoms with van der Waals surface area (Å²) in [5.41, 5.74) is 0. The van der Waals surface area contributed by atoms with E-state index in [0.717, 1.165) is 29.1 Å².